The number of nitro groups is 1. The van der Waals surface area contributed by atoms with E-state index in [9.17, 15) is 14.9 Å². The molecular formula is C16H18N4O5. The molecule has 0 aliphatic heterocycles. The lowest BCUT2D eigenvalue weighted by Gasteiger charge is -2.18. The van der Waals surface area contributed by atoms with E-state index in [1.165, 1.54) is 18.2 Å². The van der Waals surface area contributed by atoms with Gasteiger partial charge in [0, 0.05) is 6.07 Å². The predicted molar refractivity (Wildman–Crippen MR) is 89.3 cm³/mol. The number of nitrogen functional groups attached to an aromatic ring is 1. The topological polar surface area (TPSA) is 130 Å². The third-order valence-electron chi connectivity index (χ3n) is 3.37. The maximum absolute atomic E-state index is 12.2. The average Bonchev–Trinajstić information content (AvgIpc) is 2.54. The Morgan fingerprint density at radius 1 is 1.36 bits per heavy atom. The summed E-state index contributed by atoms with van der Waals surface area (Å²) < 4.78 is 10.7. The molecule has 0 radical (unpaired) electrons. The van der Waals surface area contributed by atoms with Crippen LogP contribution in [0, 0.1) is 17.0 Å². The maximum atomic E-state index is 12.2. The highest BCUT2D eigenvalue weighted by Crippen LogP contribution is 2.31. The monoisotopic (exact) mass is 346 g/mol. The molecule has 0 saturated heterocycles. The number of aromatic nitrogens is 2. The summed E-state index contributed by atoms with van der Waals surface area (Å²) in [6.07, 6.45) is -0.787. The molecule has 1 heterocycles. The fourth-order valence-electron chi connectivity index (χ4n) is 2.32. The third-order valence-corrected chi connectivity index (χ3v) is 3.37. The van der Waals surface area contributed by atoms with Crippen LogP contribution in [-0.2, 0) is 4.74 Å². The molecule has 0 fully saturated rings. The van der Waals surface area contributed by atoms with Crippen molar-refractivity contribution in [3.63, 3.8) is 0 Å². The lowest BCUT2D eigenvalue weighted by atomic mass is 10.1. The largest absolute Gasteiger partial charge is 0.477 e. The van der Waals surface area contributed by atoms with E-state index in [1.54, 1.807) is 26.8 Å². The Hall–Kier alpha value is -3.23. The number of rotatable bonds is 6. The van der Waals surface area contributed by atoms with Crippen LogP contribution in [0.4, 0.5) is 11.6 Å². The summed E-state index contributed by atoms with van der Waals surface area (Å²) in [5.41, 5.74) is 6.18. The highest BCUT2D eigenvalue weighted by molar-refractivity contribution is 5.92. The lowest BCUT2D eigenvalue weighted by Crippen LogP contribution is -2.19. The number of anilines is 1. The summed E-state index contributed by atoms with van der Waals surface area (Å²) in [5.74, 6) is -0.573. The van der Waals surface area contributed by atoms with E-state index in [2.05, 4.69) is 9.97 Å². The predicted octanol–water partition coefficient (Wildman–Crippen LogP) is 2.59. The number of esters is 1. The average molecular weight is 346 g/mol. The van der Waals surface area contributed by atoms with Gasteiger partial charge in [0.25, 0.3) is 0 Å². The zero-order chi connectivity index (χ0) is 18.6. The van der Waals surface area contributed by atoms with Crippen LogP contribution >= 0.6 is 0 Å². The normalized spacial score (nSPS) is 11.6. The molecule has 0 bridgehead atoms. The van der Waals surface area contributed by atoms with Gasteiger partial charge in [-0.05, 0) is 26.8 Å². The first-order valence-electron chi connectivity index (χ1n) is 7.56. The molecule has 1 unspecified atom stereocenters. The minimum Gasteiger partial charge on any atom is -0.477 e. The molecule has 0 saturated carbocycles. The molecule has 9 nitrogen and oxygen atoms in total. The van der Waals surface area contributed by atoms with Crippen molar-refractivity contribution in [3.05, 3.63) is 51.3 Å². The standard InChI is InChI=1S/C16H18N4O5/c1-4-24-15(21)13-9(2)18-16(17)19-14(13)10(3)25-12-8-6-5-7-11(12)20(22)23/h5-8,10H,4H2,1-3H3,(H2,17,18,19). The van der Waals surface area contributed by atoms with E-state index in [4.69, 9.17) is 15.2 Å². The van der Waals surface area contributed by atoms with Gasteiger partial charge in [-0.25, -0.2) is 14.8 Å². The first-order chi connectivity index (χ1) is 11.8. The van der Waals surface area contributed by atoms with Crippen molar-refractivity contribution >= 4 is 17.6 Å². The zero-order valence-corrected chi connectivity index (χ0v) is 14.1. The fourth-order valence-corrected chi connectivity index (χ4v) is 2.32. The number of nitrogens with two attached hydrogens (primary N) is 1. The van der Waals surface area contributed by atoms with Gasteiger partial charge >= 0.3 is 11.7 Å². The Bertz CT molecular complexity index is 809. The molecule has 2 aromatic rings. The minimum absolute atomic E-state index is 0.0291. The summed E-state index contributed by atoms with van der Waals surface area (Å²) in [7, 11) is 0. The van der Waals surface area contributed by atoms with Crippen LogP contribution < -0.4 is 10.5 Å². The molecule has 1 aromatic carbocycles. The number of carbonyl (C=O) groups excluding carboxylic acids is 1. The van der Waals surface area contributed by atoms with Gasteiger partial charge in [0.2, 0.25) is 5.95 Å². The molecule has 0 aliphatic carbocycles. The van der Waals surface area contributed by atoms with E-state index in [1.807, 2.05) is 0 Å². The Kier molecular flexibility index (Phi) is 5.48. The van der Waals surface area contributed by atoms with Crippen LogP contribution in [0.2, 0.25) is 0 Å². The number of hydrogen-bond acceptors (Lipinski definition) is 8. The van der Waals surface area contributed by atoms with Gasteiger partial charge in [0.05, 0.1) is 17.2 Å². The second-order valence-electron chi connectivity index (χ2n) is 5.13. The van der Waals surface area contributed by atoms with Crippen molar-refractivity contribution in [3.8, 4) is 5.75 Å². The van der Waals surface area contributed by atoms with Crippen molar-refractivity contribution in [2.24, 2.45) is 0 Å². The summed E-state index contributed by atoms with van der Waals surface area (Å²) >= 11 is 0. The van der Waals surface area contributed by atoms with Crippen LogP contribution in [0.25, 0.3) is 0 Å². The first kappa shape index (κ1) is 18.1. The maximum Gasteiger partial charge on any atom is 0.342 e. The molecule has 2 rings (SSSR count). The number of nitrogens with zero attached hydrogens (tertiary/aromatic N) is 3. The molecule has 25 heavy (non-hydrogen) atoms. The molecule has 0 aliphatic rings. The number of para-hydroxylation sites is 2. The first-order valence-corrected chi connectivity index (χ1v) is 7.56. The number of aryl methyl sites for hydroxylation is 1. The molecule has 1 atom stereocenters. The van der Waals surface area contributed by atoms with Crippen molar-refractivity contribution in [1.82, 2.24) is 9.97 Å². The summed E-state index contributed by atoms with van der Waals surface area (Å²) in [4.78, 5) is 30.8. The van der Waals surface area contributed by atoms with Crippen LogP contribution in [0.15, 0.2) is 24.3 Å². The van der Waals surface area contributed by atoms with Crippen molar-refractivity contribution < 1.29 is 19.2 Å². The van der Waals surface area contributed by atoms with Crippen LogP contribution in [-0.4, -0.2) is 27.5 Å². The van der Waals surface area contributed by atoms with Crippen molar-refractivity contribution in [2.45, 2.75) is 26.9 Å². The Balaban J connectivity index is 2.44. The second kappa shape index (κ2) is 7.56. The molecule has 132 valence electrons. The molecule has 0 spiro atoms. The van der Waals surface area contributed by atoms with Crippen molar-refractivity contribution in [1.29, 1.82) is 0 Å². The number of benzene rings is 1. The fraction of sp³-hybridized carbons (Fsp3) is 0.312. The highest BCUT2D eigenvalue weighted by Gasteiger charge is 2.26. The van der Waals surface area contributed by atoms with E-state index in [0.717, 1.165) is 0 Å². The van der Waals surface area contributed by atoms with Crippen LogP contribution in [0.5, 0.6) is 5.75 Å². The number of ether oxygens (including phenoxy) is 2. The smallest absolute Gasteiger partial charge is 0.342 e. The highest BCUT2D eigenvalue weighted by atomic mass is 16.6. The number of carbonyl (C=O) groups is 1. The van der Waals surface area contributed by atoms with E-state index in [-0.39, 0.29) is 35.2 Å². The Labute approximate surface area is 143 Å². The Morgan fingerprint density at radius 2 is 2.04 bits per heavy atom. The van der Waals surface area contributed by atoms with Crippen LogP contribution in [0.3, 0.4) is 0 Å². The second-order valence-corrected chi connectivity index (χ2v) is 5.13. The van der Waals surface area contributed by atoms with Gasteiger partial charge in [-0.15, -0.1) is 0 Å². The number of nitro benzene ring substituents is 1. The third kappa shape index (κ3) is 4.00. The van der Waals surface area contributed by atoms with Gasteiger partial charge in [-0.3, -0.25) is 10.1 Å². The summed E-state index contributed by atoms with van der Waals surface area (Å²) in [5, 5.41) is 11.1. The quantitative estimate of drug-likeness (QED) is 0.480. The molecule has 1 aromatic heterocycles. The van der Waals surface area contributed by atoms with E-state index in [0.29, 0.717) is 5.69 Å². The van der Waals surface area contributed by atoms with E-state index >= 15 is 0 Å². The van der Waals surface area contributed by atoms with Gasteiger partial charge in [0.15, 0.2) is 5.75 Å². The van der Waals surface area contributed by atoms with Crippen LogP contribution in [0.1, 0.15) is 41.7 Å². The summed E-state index contributed by atoms with van der Waals surface area (Å²) in [6, 6.07) is 5.94. The van der Waals surface area contributed by atoms with Gasteiger partial charge in [-0.1, -0.05) is 12.1 Å². The molecule has 2 N–H and O–H groups in total. The molecular weight excluding hydrogens is 328 g/mol. The zero-order valence-electron chi connectivity index (χ0n) is 14.1. The van der Waals surface area contributed by atoms with Gasteiger partial charge < -0.3 is 15.2 Å². The minimum atomic E-state index is -0.787. The van der Waals surface area contributed by atoms with Gasteiger partial charge in [0.1, 0.15) is 17.4 Å². The lowest BCUT2D eigenvalue weighted by molar-refractivity contribution is -0.386. The molecule has 9 heteroatoms. The van der Waals surface area contributed by atoms with Crippen molar-refractivity contribution in [2.75, 3.05) is 12.3 Å². The SMILES string of the molecule is CCOC(=O)c1c(C)nc(N)nc1C(C)Oc1ccccc1[N+](=O)[O-]. The van der Waals surface area contributed by atoms with Gasteiger partial charge in [-0.2, -0.15) is 0 Å². The Morgan fingerprint density at radius 3 is 2.68 bits per heavy atom. The summed E-state index contributed by atoms with van der Waals surface area (Å²) in [6.45, 7) is 5.08. The molecule has 0 amide bonds. The van der Waals surface area contributed by atoms with E-state index < -0.39 is 17.0 Å². The number of hydrogen-bond donors (Lipinski definition) is 1.